The van der Waals surface area contributed by atoms with E-state index in [0.717, 1.165) is 23.1 Å². The van der Waals surface area contributed by atoms with Gasteiger partial charge in [-0.1, -0.05) is 19.1 Å². The summed E-state index contributed by atoms with van der Waals surface area (Å²) in [5, 5.41) is 8.06. The Hall–Kier alpha value is -0.780. The molecule has 1 aromatic carbocycles. The highest BCUT2D eigenvalue weighted by Gasteiger charge is 2.17. The number of aryl methyl sites for hydroxylation is 2. The number of benzene rings is 1. The van der Waals surface area contributed by atoms with Gasteiger partial charge in [0.15, 0.2) is 0 Å². The topological polar surface area (TPSA) is 29.9 Å². The zero-order valence-corrected chi connectivity index (χ0v) is 15.4. The Morgan fingerprint density at radius 1 is 1.33 bits per heavy atom. The molecule has 2 rings (SSSR count). The van der Waals surface area contributed by atoms with Crippen molar-refractivity contribution < 1.29 is 0 Å². The summed E-state index contributed by atoms with van der Waals surface area (Å²) in [7, 11) is 2.01. The molecule has 5 heteroatoms. The Kier molecular flexibility index (Phi) is 5.90. The Balaban J connectivity index is 2.25. The summed E-state index contributed by atoms with van der Waals surface area (Å²) in [6.07, 6.45) is 3.02. The van der Waals surface area contributed by atoms with E-state index in [2.05, 4.69) is 63.8 Å². The molecule has 0 bridgehead atoms. The van der Waals surface area contributed by atoms with E-state index in [1.54, 1.807) is 11.8 Å². The van der Waals surface area contributed by atoms with E-state index >= 15 is 0 Å². The van der Waals surface area contributed by atoms with Gasteiger partial charge in [0.1, 0.15) is 0 Å². The van der Waals surface area contributed by atoms with Crippen LogP contribution in [-0.4, -0.2) is 22.6 Å². The average Bonchev–Trinajstić information content (AvgIpc) is 2.73. The molecule has 1 atom stereocenters. The summed E-state index contributed by atoms with van der Waals surface area (Å²) >= 11 is 5.43. The number of thioether (sulfide) groups is 1. The molecule has 0 radical (unpaired) electrons. The quantitative estimate of drug-likeness (QED) is 0.779. The van der Waals surface area contributed by atoms with Gasteiger partial charge >= 0.3 is 0 Å². The predicted octanol–water partition coefficient (Wildman–Crippen LogP) is 4.11. The summed E-state index contributed by atoms with van der Waals surface area (Å²) in [5.41, 5.74) is 3.59. The van der Waals surface area contributed by atoms with E-state index in [1.807, 2.05) is 18.7 Å². The van der Waals surface area contributed by atoms with Crippen molar-refractivity contribution in [2.45, 2.75) is 31.2 Å². The fraction of sp³-hybridized carbons (Fsp3) is 0.438. The molecule has 1 N–H and O–H groups in total. The van der Waals surface area contributed by atoms with Crippen molar-refractivity contribution in [1.82, 2.24) is 15.1 Å². The minimum atomic E-state index is 0.303. The van der Waals surface area contributed by atoms with Gasteiger partial charge < -0.3 is 5.32 Å². The zero-order chi connectivity index (χ0) is 15.4. The molecular weight excluding hydrogens is 346 g/mol. The predicted molar refractivity (Wildman–Crippen MR) is 94.0 cm³/mol. The normalized spacial score (nSPS) is 12.6. The third kappa shape index (κ3) is 3.90. The van der Waals surface area contributed by atoms with E-state index in [4.69, 9.17) is 0 Å². The van der Waals surface area contributed by atoms with Gasteiger partial charge in [-0.15, -0.1) is 11.8 Å². The largest absolute Gasteiger partial charge is 0.310 e. The number of nitrogens with one attached hydrogen (secondary N) is 1. The van der Waals surface area contributed by atoms with Crippen LogP contribution < -0.4 is 5.32 Å². The van der Waals surface area contributed by atoms with Crippen molar-refractivity contribution in [2.75, 3.05) is 12.8 Å². The fourth-order valence-electron chi connectivity index (χ4n) is 2.49. The maximum atomic E-state index is 4.48. The van der Waals surface area contributed by atoms with Gasteiger partial charge in [-0.2, -0.15) is 5.10 Å². The molecule has 0 saturated heterocycles. The van der Waals surface area contributed by atoms with E-state index in [9.17, 15) is 0 Å². The molecule has 0 aliphatic heterocycles. The first-order valence-electron chi connectivity index (χ1n) is 7.12. The third-order valence-electron chi connectivity index (χ3n) is 3.63. The van der Waals surface area contributed by atoms with Crippen LogP contribution in [0.4, 0.5) is 0 Å². The van der Waals surface area contributed by atoms with Crippen molar-refractivity contribution in [1.29, 1.82) is 0 Å². The zero-order valence-electron chi connectivity index (χ0n) is 13.0. The number of hydrogen-bond acceptors (Lipinski definition) is 3. The average molecular weight is 368 g/mol. The van der Waals surface area contributed by atoms with Crippen LogP contribution >= 0.6 is 27.7 Å². The minimum Gasteiger partial charge on any atom is -0.310 e. The SMILES string of the molecule is CCNC(Cc1c(Br)c(C)nn1C)c1ccc(SC)cc1. The number of halogens is 1. The van der Waals surface area contributed by atoms with Gasteiger partial charge in [0, 0.05) is 24.4 Å². The van der Waals surface area contributed by atoms with Gasteiger partial charge in [-0.3, -0.25) is 4.68 Å². The molecule has 0 saturated carbocycles. The van der Waals surface area contributed by atoms with Crippen molar-refractivity contribution in [2.24, 2.45) is 7.05 Å². The number of hydrogen-bond donors (Lipinski definition) is 1. The molecule has 2 aromatic rings. The van der Waals surface area contributed by atoms with Gasteiger partial charge in [0.05, 0.1) is 15.9 Å². The van der Waals surface area contributed by atoms with Gasteiger partial charge in [0.2, 0.25) is 0 Å². The van der Waals surface area contributed by atoms with Crippen molar-refractivity contribution in [3.05, 3.63) is 45.7 Å². The molecule has 1 unspecified atom stereocenters. The van der Waals surface area contributed by atoms with Crippen molar-refractivity contribution in [3.8, 4) is 0 Å². The van der Waals surface area contributed by atoms with Crippen LogP contribution in [0.3, 0.4) is 0 Å². The lowest BCUT2D eigenvalue weighted by molar-refractivity contribution is 0.527. The number of aromatic nitrogens is 2. The second-order valence-electron chi connectivity index (χ2n) is 5.06. The molecule has 0 aliphatic rings. The minimum absolute atomic E-state index is 0.303. The van der Waals surface area contributed by atoms with E-state index in [1.165, 1.54) is 16.2 Å². The summed E-state index contributed by atoms with van der Waals surface area (Å²) < 4.78 is 3.09. The number of nitrogens with zero attached hydrogens (tertiary/aromatic N) is 2. The molecule has 0 spiro atoms. The molecule has 1 aromatic heterocycles. The summed E-state index contributed by atoms with van der Waals surface area (Å²) in [5.74, 6) is 0. The van der Waals surface area contributed by atoms with E-state index in [0.29, 0.717) is 6.04 Å². The molecular formula is C16H22BrN3S. The lowest BCUT2D eigenvalue weighted by Gasteiger charge is -2.19. The molecule has 1 heterocycles. The van der Waals surface area contributed by atoms with Crippen LogP contribution in [0.2, 0.25) is 0 Å². The summed E-state index contributed by atoms with van der Waals surface area (Å²) in [4.78, 5) is 1.30. The first kappa shape index (κ1) is 16.6. The standard InChI is InChI=1S/C16H22BrN3S/c1-5-18-14(12-6-8-13(21-4)9-7-12)10-15-16(17)11(2)19-20(15)3/h6-9,14,18H,5,10H2,1-4H3. The fourth-order valence-corrected chi connectivity index (χ4v) is 3.39. The Bertz CT molecular complexity index is 592. The lowest BCUT2D eigenvalue weighted by Crippen LogP contribution is -2.24. The first-order valence-corrected chi connectivity index (χ1v) is 9.13. The highest BCUT2D eigenvalue weighted by atomic mass is 79.9. The maximum absolute atomic E-state index is 4.48. The Morgan fingerprint density at radius 3 is 2.48 bits per heavy atom. The van der Waals surface area contributed by atoms with Crippen molar-refractivity contribution >= 4 is 27.7 Å². The lowest BCUT2D eigenvalue weighted by atomic mass is 10.0. The van der Waals surface area contributed by atoms with E-state index in [-0.39, 0.29) is 0 Å². The van der Waals surface area contributed by atoms with E-state index < -0.39 is 0 Å². The van der Waals surface area contributed by atoms with Crippen molar-refractivity contribution in [3.63, 3.8) is 0 Å². The second kappa shape index (κ2) is 7.47. The molecule has 0 amide bonds. The second-order valence-corrected chi connectivity index (χ2v) is 6.73. The third-order valence-corrected chi connectivity index (χ3v) is 5.40. The molecule has 0 aliphatic carbocycles. The van der Waals surface area contributed by atoms with Gasteiger partial charge in [0.25, 0.3) is 0 Å². The summed E-state index contributed by atoms with van der Waals surface area (Å²) in [6.45, 7) is 5.12. The van der Waals surface area contributed by atoms with Crippen LogP contribution in [-0.2, 0) is 13.5 Å². The first-order chi connectivity index (χ1) is 10.1. The molecule has 0 fully saturated rings. The van der Waals surface area contributed by atoms with Crippen LogP contribution in [0.5, 0.6) is 0 Å². The molecule has 3 nitrogen and oxygen atoms in total. The molecule has 114 valence electrons. The summed E-state index contributed by atoms with van der Waals surface area (Å²) in [6, 6.07) is 9.12. The maximum Gasteiger partial charge on any atom is 0.0738 e. The number of likely N-dealkylation sites (N-methyl/N-ethyl adjacent to an activating group) is 1. The monoisotopic (exact) mass is 367 g/mol. The smallest absolute Gasteiger partial charge is 0.0738 e. The Morgan fingerprint density at radius 2 is 2.00 bits per heavy atom. The van der Waals surface area contributed by atoms with Crippen LogP contribution in [0.1, 0.15) is 29.9 Å². The highest BCUT2D eigenvalue weighted by molar-refractivity contribution is 9.10. The van der Waals surface area contributed by atoms with Gasteiger partial charge in [-0.05, 0) is 53.4 Å². The van der Waals surface area contributed by atoms with Gasteiger partial charge in [-0.25, -0.2) is 0 Å². The number of rotatable bonds is 6. The van der Waals surface area contributed by atoms with Crippen LogP contribution in [0.25, 0.3) is 0 Å². The highest BCUT2D eigenvalue weighted by Crippen LogP contribution is 2.27. The van der Waals surface area contributed by atoms with Crippen LogP contribution in [0, 0.1) is 6.92 Å². The Labute approximate surface area is 139 Å². The molecule has 21 heavy (non-hydrogen) atoms. The van der Waals surface area contributed by atoms with Crippen LogP contribution in [0.15, 0.2) is 33.6 Å².